The summed E-state index contributed by atoms with van der Waals surface area (Å²) in [5.74, 6) is 1.73. The fraction of sp³-hybridized carbons (Fsp3) is 0.769. The van der Waals surface area contributed by atoms with Crippen molar-refractivity contribution in [2.24, 2.45) is 0 Å². The van der Waals surface area contributed by atoms with Crippen LogP contribution in [0.2, 0.25) is 0 Å². The van der Waals surface area contributed by atoms with Crippen LogP contribution in [-0.2, 0) is 17.6 Å². The summed E-state index contributed by atoms with van der Waals surface area (Å²) in [5.41, 5.74) is 0. The minimum absolute atomic E-state index is 0.506. The summed E-state index contributed by atoms with van der Waals surface area (Å²) >= 11 is 0. The first-order valence-corrected chi connectivity index (χ1v) is 6.47. The molecule has 0 saturated carbocycles. The van der Waals surface area contributed by atoms with Gasteiger partial charge in [-0.25, -0.2) is 4.98 Å². The van der Waals surface area contributed by atoms with E-state index < -0.39 is 0 Å². The summed E-state index contributed by atoms with van der Waals surface area (Å²) in [7, 11) is 0. The minimum Gasteiger partial charge on any atom is -0.446 e. The Hall–Kier alpha value is -0.870. The molecule has 0 aliphatic heterocycles. The number of nitrogens with zero attached hydrogens (tertiary/aromatic N) is 1. The van der Waals surface area contributed by atoms with Gasteiger partial charge >= 0.3 is 0 Å². The highest BCUT2D eigenvalue weighted by Crippen LogP contribution is 2.05. The van der Waals surface area contributed by atoms with Crippen molar-refractivity contribution < 1.29 is 9.15 Å². The third kappa shape index (κ3) is 6.44. The molecule has 4 heteroatoms. The Kier molecular flexibility index (Phi) is 6.89. The van der Waals surface area contributed by atoms with E-state index in [0.29, 0.717) is 12.6 Å². The summed E-state index contributed by atoms with van der Waals surface area (Å²) in [6.07, 6.45) is 4.52. The van der Waals surface area contributed by atoms with E-state index in [-0.39, 0.29) is 0 Å². The molecule has 0 amide bonds. The zero-order valence-electron chi connectivity index (χ0n) is 11.2. The van der Waals surface area contributed by atoms with Crippen LogP contribution in [0.1, 0.15) is 38.8 Å². The lowest BCUT2D eigenvalue weighted by Crippen LogP contribution is -2.24. The smallest absolute Gasteiger partial charge is 0.195 e. The molecule has 1 aromatic heterocycles. The average molecular weight is 240 g/mol. The molecule has 98 valence electrons. The molecule has 1 N–H and O–H groups in total. The molecule has 17 heavy (non-hydrogen) atoms. The van der Waals surface area contributed by atoms with Crippen molar-refractivity contribution >= 4 is 0 Å². The van der Waals surface area contributed by atoms with Gasteiger partial charge in [0.1, 0.15) is 5.76 Å². The Morgan fingerprint density at radius 3 is 2.88 bits per heavy atom. The topological polar surface area (TPSA) is 47.3 Å². The number of aromatic nitrogens is 1. The highest BCUT2D eigenvalue weighted by atomic mass is 16.5. The monoisotopic (exact) mass is 240 g/mol. The van der Waals surface area contributed by atoms with Crippen LogP contribution >= 0.6 is 0 Å². The SMILES string of the molecule is CCCOCCc1cnc(CCNC(C)C)o1. The number of hydrogen-bond donors (Lipinski definition) is 1. The summed E-state index contributed by atoms with van der Waals surface area (Å²) in [6.45, 7) is 8.81. The van der Waals surface area contributed by atoms with Crippen molar-refractivity contribution in [2.75, 3.05) is 19.8 Å². The molecule has 1 rings (SSSR count). The van der Waals surface area contributed by atoms with Gasteiger partial charge in [-0.15, -0.1) is 0 Å². The van der Waals surface area contributed by atoms with Crippen LogP contribution in [0.15, 0.2) is 10.6 Å². The van der Waals surface area contributed by atoms with E-state index in [4.69, 9.17) is 9.15 Å². The van der Waals surface area contributed by atoms with Gasteiger partial charge < -0.3 is 14.5 Å². The average Bonchev–Trinajstić information content (AvgIpc) is 2.72. The van der Waals surface area contributed by atoms with Crippen LogP contribution in [0.5, 0.6) is 0 Å². The molecule has 0 aliphatic rings. The van der Waals surface area contributed by atoms with Crippen LogP contribution in [0.4, 0.5) is 0 Å². The maximum atomic E-state index is 5.61. The molecular weight excluding hydrogens is 216 g/mol. The van der Waals surface area contributed by atoms with Crippen molar-refractivity contribution in [1.29, 1.82) is 0 Å². The van der Waals surface area contributed by atoms with Crippen molar-refractivity contribution in [3.63, 3.8) is 0 Å². The molecule has 0 radical (unpaired) electrons. The number of oxazole rings is 1. The second-order valence-electron chi connectivity index (χ2n) is 4.44. The van der Waals surface area contributed by atoms with Crippen LogP contribution in [0.25, 0.3) is 0 Å². The first-order chi connectivity index (χ1) is 8.22. The van der Waals surface area contributed by atoms with Crippen LogP contribution in [-0.4, -0.2) is 30.8 Å². The van der Waals surface area contributed by atoms with Gasteiger partial charge in [0.05, 0.1) is 12.8 Å². The molecule has 0 aliphatic carbocycles. The van der Waals surface area contributed by atoms with Crippen molar-refractivity contribution in [1.82, 2.24) is 10.3 Å². The van der Waals surface area contributed by atoms with E-state index >= 15 is 0 Å². The summed E-state index contributed by atoms with van der Waals surface area (Å²) in [5, 5.41) is 3.34. The lowest BCUT2D eigenvalue weighted by atomic mass is 10.3. The standard InChI is InChI=1S/C13H24N2O2/c1-4-8-16-9-6-12-10-15-13(17-12)5-7-14-11(2)3/h10-11,14H,4-9H2,1-3H3. The molecule has 4 nitrogen and oxygen atoms in total. The number of nitrogens with one attached hydrogen (secondary N) is 1. The molecule has 0 bridgehead atoms. The van der Waals surface area contributed by atoms with Gasteiger partial charge in [0.15, 0.2) is 5.89 Å². The van der Waals surface area contributed by atoms with E-state index in [2.05, 4.69) is 31.1 Å². The largest absolute Gasteiger partial charge is 0.446 e. The van der Waals surface area contributed by atoms with E-state index in [0.717, 1.165) is 44.1 Å². The first-order valence-electron chi connectivity index (χ1n) is 6.47. The first kappa shape index (κ1) is 14.2. The number of ether oxygens (including phenoxy) is 1. The fourth-order valence-electron chi connectivity index (χ4n) is 1.47. The molecular formula is C13H24N2O2. The van der Waals surface area contributed by atoms with Crippen molar-refractivity contribution in [3.8, 4) is 0 Å². The lowest BCUT2D eigenvalue weighted by molar-refractivity contribution is 0.134. The fourth-order valence-corrected chi connectivity index (χ4v) is 1.47. The van der Waals surface area contributed by atoms with Crippen molar-refractivity contribution in [3.05, 3.63) is 17.8 Å². The summed E-state index contributed by atoms with van der Waals surface area (Å²) < 4.78 is 11.0. The van der Waals surface area contributed by atoms with Crippen LogP contribution in [0, 0.1) is 0 Å². The van der Waals surface area contributed by atoms with E-state index in [9.17, 15) is 0 Å². The van der Waals surface area contributed by atoms with Crippen LogP contribution in [0.3, 0.4) is 0 Å². The number of rotatable bonds is 9. The summed E-state index contributed by atoms with van der Waals surface area (Å²) in [6, 6.07) is 0.506. The zero-order chi connectivity index (χ0) is 12.5. The normalized spacial score (nSPS) is 11.3. The third-order valence-corrected chi connectivity index (χ3v) is 2.33. The van der Waals surface area contributed by atoms with Crippen LogP contribution < -0.4 is 5.32 Å². The molecule has 1 aromatic rings. The van der Waals surface area contributed by atoms with Gasteiger partial charge in [0, 0.05) is 32.0 Å². The van der Waals surface area contributed by atoms with Crippen molar-refractivity contribution in [2.45, 2.75) is 46.1 Å². The Morgan fingerprint density at radius 2 is 2.18 bits per heavy atom. The maximum absolute atomic E-state index is 5.61. The molecule has 0 atom stereocenters. The highest BCUT2D eigenvalue weighted by Gasteiger charge is 2.04. The predicted octanol–water partition coefficient (Wildman–Crippen LogP) is 2.18. The molecule has 0 fully saturated rings. The van der Waals surface area contributed by atoms with Gasteiger partial charge in [-0.3, -0.25) is 0 Å². The van der Waals surface area contributed by atoms with E-state index in [1.807, 2.05) is 0 Å². The second kappa shape index (κ2) is 8.25. The zero-order valence-corrected chi connectivity index (χ0v) is 11.2. The van der Waals surface area contributed by atoms with Gasteiger partial charge in [-0.1, -0.05) is 20.8 Å². The molecule has 0 unspecified atom stereocenters. The van der Waals surface area contributed by atoms with Gasteiger partial charge in [0.2, 0.25) is 0 Å². The Morgan fingerprint density at radius 1 is 1.35 bits per heavy atom. The Labute approximate surface area is 104 Å². The number of hydrogen-bond acceptors (Lipinski definition) is 4. The molecule has 0 saturated heterocycles. The maximum Gasteiger partial charge on any atom is 0.195 e. The summed E-state index contributed by atoms with van der Waals surface area (Å²) in [4.78, 5) is 4.25. The molecule has 1 heterocycles. The van der Waals surface area contributed by atoms with Gasteiger partial charge in [0.25, 0.3) is 0 Å². The van der Waals surface area contributed by atoms with E-state index in [1.54, 1.807) is 6.20 Å². The van der Waals surface area contributed by atoms with E-state index in [1.165, 1.54) is 0 Å². The lowest BCUT2D eigenvalue weighted by Gasteiger charge is -2.05. The quantitative estimate of drug-likeness (QED) is 0.672. The predicted molar refractivity (Wildman–Crippen MR) is 68.2 cm³/mol. The third-order valence-electron chi connectivity index (χ3n) is 2.33. The van der Waals surface area contributed by atoms with Gasteiger partial charge in [-0.2, -0.15) is 0 Å². The second-order valence-corrected chi connectivity index (χ2v) is 4.44. The highest BCUT2D eigenvalue weighted by molar-refractivity contribution is 4.94. The molecule has 0 aromatic carbocycles. The Balaban J connectivity index is 2.18. The Bertz CT molecular complexity index is 297. The van der Waals surface area contributed by atoms with Gasteiger partial charge in [-0.05, 0) is 6.42 Å². The molecule has 0 spiro atoms. The minimum atomic E-state index is 0.506.